The Balaban J connectivity index is 1.86. The van der Waals surface area contributed by atoms with Gasteiger partial charge in [0.15, 0.2) is 0 Å². The van der Waals surface area contributed by atoms with Crippen LogP contribution in [-0.4, -0.2) is 50.6 Å². The highest BCUT2D eigenvalue weighted by Crippen LogP contribution is 2.36. The van der Waals surface area contributed by atoms with Crippen LogP contribution in [0.2, 0.25) is 0 Å². The second-order valence-electron chi connectivity index (χ2n) is 11.5. The summed E-state index contributed by atoms with van der Waals surface area (Å²) in [6.07, 6.45) is 19.0. The van der Waals surface area contributed by atoms with Gasteiger partial charge >= 0.3 is 0 Å². The third-order valence-electron chi connectivity index (χ3n) is 7.83. The van der Waals surface area contributed by atoms with E-state index in [0.29, 0.717) is 0 Å². The molecule has 1 unspecified atom stereocenters. The minimum Gasteiger partial charge on any atom is -0.309 e. The molecule has 0 aromatic heterocycles. The Kier molecular flexibility index (Phi) is 15.8. The van der Waals surface area contributed by atoms with Crippen molar-refractivity contribution in [1.82, 2.24) is 9.80 Å². The van der Waals surface area contributed by atoms with Gasteiger partial charge in [-0.2, -0.15) is 0 Å². The van der Waals surface area contributed by atoms with Gasteiger partial charge < -0.3 is 9.80 Å². The van der Waals surface area contributed by atoms with Crippen LogP contribution >= 0.6 is 0 Å². The highest BCUT2D eigenvalue weighted by Gasteiger charge is 2.32. The molecule has 2 nitrogen and oxygen atoms in total. The summed E-state index contributed by atoms with van der Waals surface area (Å²) in [6.45, 7) is 5.75. The SMILES string of the molecule is CCCCCCCCCCCCC(CCCN(C)CCc1ccccc1)(CN(C)C)c1ccccc1. The van der Waals surface area contributed by atoms with Crippen molar-refractivity contribution >= 4 is 0 Å². The number of benzene rings is 2. The Morgan fingerprint density at radius 2 is 1.11 bits per heavy atom. The minimum absolute atomic E-state index is 0.255. The lowest BCUT2D eigenvalue weighted by atomic mass is 9.72. The van der Waals surface area contributed by atoms with Gasteiger partial charge in [0.2, 0.25) is 0 Å². The number of likely N-dealkylation sites (N-methyl/N-ethyl adjacent to an activating group) is 2. The van der Waals surface area contributed by atoms with E-state index in [0.717, 1.165) is 19.5 Å². The van der Waals surface area contributed by atoms with E-state index < -0.39 is 0 Å². The summed E-state index contributed by atoms with van der Waals surface area (Å²) in [5, 5.41) is 0. The number of nitrogens with zero attached hydrogens (tertiary/aromatic N) is 2. The van der Waals surface area contributed by atoms with Crippen LogP contribution < -0.4 is 0 Å². The number of hydrogen-bond acceptors (Lipinski definition) is 2. The summed E-state index contributed by atoms with van der Waals surface area (Å²) in [7, 11) is 6.80. The van der Waals surface area contributed by atoms with Crippen LogP contribution in [0.15, 0.2) is 60.7 Å². The highest BCUT2D eigenvalue weighted by atomic mass is 15.1. The van der Waals surface area contributed by atoms with Crippen molar-refractivity contribution < 1.29 is 0 Å². The van der Waals surface area contributed by atoms with Crippen molar-refractivity contribution in [2.45, 2.75) is 102 Å². The molecule has 0 saturated heterocycles. The third-order valence-corrected chi connectivity index (χ3v) is 7.83. The lowest BCUT2D eigenvalue weighted by molar-refractivity contribution is 0.227. The molecule has 0 bridgehead atoms. The Morgan fingerprint density at radius 3 is 1.69 bits per heavy atom. The molecule has 202 valence electrons. The summed E-state index contributed by atoms with van der Waals surface area (Å²) in [6, 6.07) is 22.3. The zero-order valence-electron chi connectivity index (χ0n) is 24.2. The second-order valence-corrected chi connectivity index (χ2v) is 11.5. The average molecular weight is 493 g/mol. The van der Waals surface area contributed by atoms with Crippen LogP contribution in [0.1, 0.15) is 102 Å². The van der Waals surface area contributed by atoms with Crippen molar-refractivity contribution in [3.8, 4) is 0 Å². The first-order valence-corrected chi connectivity index (χ1v) is 15.0. The molecule has 2 aromatic rings. The van der Waals surface area contributed by atoms with E-state index in [4.69, 9.17) is 0 Å². The maximum Gasteiger partial charge on any atom is 0.00805 e. The zero-order valence-corrected chi connectivity index (χ0v) is 24.2. The summed E-state index contributed by atoms with van der Waals surface area (Å²) in [5.41, 5.74) is 3.24. The Morgan fingerprint density at radius 1 is 0.583 bits per heavy atom. The third kappa shape index (κ3) is 12.5. The predicted molar refractivity (Wildman–Crippen MR) is 160 cm³/mol. The molecule has 0 aliphatic rings. The van der Waals surface area contributed by atoms with Gasteiger partial charge in [0.05, 0.1) is 0 Å². The molecule has 0 N–H and O–H groups in total. The van der Waals surface area contributed by atoms with Gasteiger partial charge in [-0.15, -0.1) is 0 Å². The normalized spacial score (nSPS) is 13.4. The molecule has 0 aliphatic heterocycles. The van der Waals surface area contributed by atoms with Crippen molar-refractivity contribution in [2.24, 2.45) is 0 Å². The van der Waals surface area contributed by atoms with Gasteiger partial charge in [-0.25, -0.2) is 0 Å². The molecule has 0 radical (unpaired) electrons. The fourth-order valence-electron chi connectivity index (χ4n) is 5.77. The summed E-state index contributed by atoms with van der Waals surface area (Å²) >= 11 is 0. The minimum atomic E-state index is 0.255. The molecule has 2 heteroatoms. The van der Waals surface area contributed by atoms with Gasteiger partial charge in [0.1, 0.15) is 0 Å². The summed E-state index contributed by atoms with van der Waals surface area (Å²) in [5.74, 6) is 0. The first-order valence-electron chi connectivity index (χ1n) is 15.0. The van der Waals surface area contributed by atoms with E-state index in [1.54, 1.807) is 5.56 Å². The largest absolute Gasteiger partial charge is 0.309 e. The van der Waals surface area contributed by atoms with E-state index in [1.807, 2.05) is 0 Å². The first-order chi connectivity index (χ1) is 17.6. The van der Waals surface area contributed by atoms with Crippen molar-refractivity contribution in [3.05, 3.63) is 71.8 Å². The van der Waals surface area contributed by atoms with Gasteiger partial charge in [-0.3, -0.25) is 0 Å². The lowest BCUT2D eigenvalue weighted by Crippen LogP contribution is -2.38. The van der Waals surface area contributed by atoms with Crippen LogP contribution in [0.4, 0.5) is 0 Å². The maximum atomic E-state index is 2.53. The van der Waals surface area contributed by atoms with E-state index in [-0.39, 0.29) is 5.41 Å². The molecule has 2 rings (SSSR count). The molecule has 1 atom stereocenters. The number of rotatable bonds is 21. The van der Waals surface area contributed by atoms with Gasteiger partial charge in [-0.05, 0) is 64.5 Å². The molecule has 2 aromatic carbocycles. The van der Waals surface area contributed by atoms with Crippen LogP contribution in [0.25, 0.3) is 0 Å². The standard InChI is InChI=1S/C34H56N2/c1-5-6-7-8-9-10-11-12-13-20-27-34(31-35(2)3,33-24-18-15-19-25-33)28-21-29-36(4)30-26-32-22-16-14-17-23-32/h14-19,22-25H,5-13,20-21,26-31H2,1-4H3. The van der Waals surface area contributed by atoms with E-state index >= 15 is 0 Å². The lowest BCUT2D eigenvalue weighted by Gasteiger charge is -2.38. The van der Waals surface area contributed by atoms with Crippen LogP contribution in [0.3, 0.4) is 0 Å². The van der Waals surface area contributed by atoms with Gasteiger partial charge in [0, 0.05) is 18.5 Å². The van der Waals surface area contributed by atoms with Gasteiger partial charge in [0.25, 0.3) is 0 Å². The Hall–Kier alpha value is -1.64. The number of hydrogen-bond donors (Lipinski definition) is 0. The molecule has 36 heavy (non-hydrogen) atoms. The number of unbranched alkanes of at least 4 members (excludes halogenated alkanes) is 9. The van der Waals surface area contributed by atoms with Crippen molar-refractivity contribution in [2.75, 3.05) is 40.8 Å². The monoisotopic (exact) mass is 492 g/mol. The molecule has 0 heterocycles. The molecule has 0 saturated carbocycles. The fraction of sp³-hybridized carbons (Fsp3) is 0.647. The van der Waals surface area contributed by atoms with Crippen LogP contribution in [0.5, 0.6) is 0 Å². The molecule has 0 spiro atoms. The first kappa shape index (κ1) is 30.6. The zero-order chi connectivity index (χ0) is 25.9. The van der Waals surface area contributed by atoms with Gasteiger partial charge in [-0.1, -0.05) is 132 Å². The summed E-state index contributed by atoms with van der Waals surface area (Å²) < 4.78 is 0. The topological polar surface area (TPSA) is 6.48 Å². The predicted octanol–water partition coefficient (Wildman–Crippen LogP) is 8.75. The van der Waals surface area contributed by atoms with Crippen molar-refractivity contribution in [1.29, 1.82) is 0 Å². The Bertz CT molecular complexity index is 757. The molecule has 0 amide bonds. The van der Waals surface area contributed by atoms with E-state index in [1.165, 1.54) is 95.6 Å². The van der Waals surface area contributed by atoms with Crippen molar-refractivity contribution in [3.63, 3.8) is 0 Å². The van der Waals surface area contributed by atoms with E-state index in [9.17, 15) is 0 Å². The molecule has 0 fully saturated rings. The van der Waals surface area contributed by atoms with Crippen LogP contribution in [0, 0.1) is 0 Å². The summed E-state index contributed by atoms with van der Waals surface area (Å²) in [4.78, 5) is 4.95. The smallest absolute Gasteiger partial charge is 0.00805 e. The molecular weight excluding hydrogens is 436 g/mol. The quantitative estimate of drug-likeness (QED) is 0.161. The molecule has 0 aliphatic carbocycles. The second kappa shape index (κ2) is 18.6. The fourth-order valence-corrected chi connectivity index (χ4v) is 5.77. The maximum absolute atomic E-state index is 2.53. The average Bonchev–Trinajstić information content (AvgIpc) is 2.89. The van der Waals surface area contributed by atoms with Crippen LogP contribution in [-0.2, 0) is 11.8 Å². The Labute approximate surface area is 224 Å². The highest BCUT2D eigenvalue weighted by molar-refractivity contribution is 5.26. The van der Waals surface area contributed by atoms with E-state index in [2.05, 4.69) is 98.5 Å². The molecular formula is C34H56N2.